The largest absolute Gasteiger partial charge is 0.454 e. The summed E-state index contributed by atoms with van der Waals surface area (Å²) in [4.78, 5) is 2.41. The van der Waals surface area contributed by atoms with Gasteiger partial charge in [-0.3, -0.25) is 4.90 Å². The van der Waals surface area contributed by atoms with Crippen molar-refractivity contribution in [2.45, 2.75) is 6.54 Å². The lowest BCUT2D eigenvalue weighted by Gasteiger charge is -2.26. The second-order valence-corrected chi connectivity index (χ2v) is 4.10. The molecular weight excluding hydrogens is 204 g/mol. The van der Waals surface area contributed by atoms with Gasteiger partial charge in [-0.2, -0.15) is 0 Å². The Morgan fingerprint density at radius 1 is 1.19 bits per heavy atom. The predicted octanol–water partition coefficient (Wildman–Crippen LogP) is 0.835. The van der Waals surface area contributed by atoms with E-state index in [0.29, 0.717) is 6.79 Å². The van der Waals surface area contributed by atoms with Crippen molar-refractivity contribution < 1.29 is 9.47 Å². The number of hydrogen-bond acceptors (Lipinski definition) is 3. The highest BCUT2D eigenvalue weighted by Gasteiger charge is 2.19. The fourth-order valence-corrected chi connectivity index (χ4v) is 2.16. The van der Waals surface area contributed by atoms with E-state index < -0.39 is 0 Å². The van der Waals surface area contributed by atoms with Crippen molar-refractivity contribution in [2.75, 3.05) is 33.0 Å². The van der Waals surface area contributed by atoms with E-state index >= 15 is 0 Å². The Hall–Kier alpha value is -1.26. The Morgan fingerprint density at radius 2 is 2.06 bits per heavy atom. The first-order valence-electron chi connectivity index (χ1n) is 5.66. The standard InChI is InChI=1S/C12H15N2O2/c1-2-10(8-14-6-4-13-5-7-14)12-11(3-1)15-9-16-12/h1-3H,4-9H2. The molecule has 2 aliphatic rings. The topological polar surface area (TPSA) is 35.8 Å². The van der Waals surface area contributed by atoms with Crippen LogP contribution in [0.2, 0.25) is 0 Å². The van der Waals surface area contributed by atoms with Crippen LogP contribution in [0.1, 0.15) is 5.56 Å². The van der Waals surface area contributed by atoms with E-state index in [1.807, 2.05) is 12.1 Å². The monoisotopic (exact) mass is 219 g/mol. The lowest BCUT2D eigenvalue weighted by atomic mass is 10.1. The molecule has 0 N–H and O–H groups in total. The Bertz CT molecular complexity index is 375. The Labute approximate surface area is 95.1 Å². The number of rotatable bonds is 2. The number of hydrogen-bond donors (Lipinski definition) is 0. The normalized spacial score (nSPS) is 20.0. The van der Waals surface area contributed by atoms with Crippen LogP contribution in [0.25, 0.3) is 0 Å². The maximum absolute atomic E-state index is 5.50. The highest BCUT2D eigenvalue weighted by atomic mass is 16.7. The minimum Gasteiger partial charge on any atom is -0.454 e. The van der Waals surface area contributed by atoms with Gasteiger partial charge in [-0.25, -0.2) is 5.32 Å². The molecule has 85 valence electrons. The minimum atomic E-state index is 0.349. The fraction of sp³-hybridized carbons (Fsp3) is 0.500. The van der Waals surface area contributed by atoms with Crippen molar-refractivity contribution in [3.05, 3.63) is 23.8 Å². The van der Waals surface area contributed by atoms with E-state index in [1.54, 1.807) is 0 Å². The third-order valence-electron chi connectivity index (χ3n) is 3.02. The third-order valence-corrected chi connectivity index (χ3v) is 3.02. The number of para-hydroxylation sites is 1. The molecular formula is C12H15N2O2. The van der Waals surface area contributed by atoms with Gasteiger partial charge in [-0.1, -0.05) is 12.1 Å². The van der Waals surface area contributed by atoms with Gasteiger partial charge in [0, 0.05) is 38.3 Å². The molecule has 0 unspecified atom stereocenters. The van der Waals surface area contributed by atoms with Gasteiger partial charge < -0.3 is 9.47 Å². The zero-order valence-corrected chi connectivity index (χ0v) is 9.19. The van der Waals surface area contributed by atoms with Crippen molar-refractivity contribution in [1.29, 1.82) is 0 Å². The van der Waals surface area contributed by atoms with Crippen molar-refractivity contribution in [3.63, 3.8) is 0 Å². The molecule has 0 atom stereocenters. The predicted molar refractivity (Wildman–Crippen MR) is 59.7 cm³/mol. The molecule has 0 bridgehead atoms. The SMILES string of the molecule is c1cc(CN2CC[N]CC2)c2c(c1)OCO2. The van der Waals surface area contributed by atoms with Gasteiger partial charge in [0.2, 0.25) is 6.79 Å². The molecule has 4 heteroatoms. The average Bonchev–Trinajstić information content (AvgIpc) is 2.80. The van der Waals surface area contributed by atoms with Crippen molar-refractivity contribution >= 4 is 0 Å². The molecule has 0 saturated carbocycles. The van der Waals surface area contributed by atoms with Crippen LogP contribution in [0.5, 0.6) is 11.5 Å². The molecule has 0 aliphatic carbocycles. The van der Waals surface area contributed by atoms with Gasteiger partial charge in [-0.05, 0) is 6.07 Å². The van der Waals surface area contributed by atoms with Gasteiger partial charge in [0.15, 0.2) is 11.5 Å². The fourth-order valence-electron chi connectivity index (χ4n) is 2.16. The molecule has 1 aromatic carbocycles. The zero-order chi connectivity index (χ0) is 10.8. The lowest BCUT2D eigenvalue weighted by molar-refractivity contribution is 0.171. The smallest absolute Gasteiger partial charge is 0.231 e. The first-order chi connectivity index (χ1) is 7.93. The average molecular weight is 219 g/mol. The summed E-state index contributed by atoms with van der Waals surface area (Å²) in [6.07, 6.45) is 0. The Balaban J connectivity index is 1.76. The molecule has 1 radical (unpaired) electrons. The summed E-state index contributed by atoms with van der Waals surface area (Å²) >= 11 is 0. The number of nitrogens with zero attached hydrogens (tertiary/aromatic N) is 2. The number of piperazine rings is 1. The van der Waals surface area contributed by atoms with E-state index in [0.717, 1.165) is 44.2 Å². The van der Waals surface area contributed by atoms with Crippen molar-refractivity contribution in [3.8, 4) is 11.5 Å². The van der Waals surface area contributed by atoms with E-state index in [2.05, 4.69) is 16.3 Å². The Kier molecular flexibility index (Phi) is 2.68. The van der Waals surface area contributed by atoms with E-state index in [4.69, 9.17) is 9.47 Å². The van der Waals surface area contributed by atoms with Crippen LogP contribution in [0, 0.1) is 0 Å². The van der Waals surface area contributed by atoms with Crippen LogP contribution in [-0.4, -0.2) is 37.9 Å². The maximum atomic E-state index is 5.50. The molecule has 4 nitrogen and oxygen atoms in total. The van der Waals surface area contributed by atoms with Crippen LogP contribution in [0.4, 0.5) is 0 Å². The number of ether oxygens (including phenoxy) is 2. The van der Waals surface area contributed by atoms with Crippen molar-refractivity contribution in [2.24, 2.45) is 0 Å². The Morgan fingerprint density at radius 3 is 2.94 bits per heavy atom. The van der Waals surface area contributed by atoms with Gasteiger partial charge >= 0.3 is 0 Å². The zero-order valence-electron chi connectivity index (χ0n) is 9.19. The van der Waals surface area contributed by atoms with Gasteiger partial charge in [-0.15, -0.1) is 0 Å². The maximum Gasteiger partial charge on any atom is 0.231 e. The minimum absolute atomic E-state index is 0.349. The second kappa shape index (κ2) is 4.31. The molecule has 1 aromatic rings. The molecule has 16 heavy (non-hydrogen) atoms. The molecule has 2 heterocycles. The van der Waals surface area contributed by atoms with E-state index in [9.17, 15) is 0 Å². The molecule has 0 amide bonds. The summed E-state index contributed by atoms with van der Waals surface area (Å²) in [5.41, 5.74) is 1.22. The quantitative estimate of drug-likeness (QED) is 0.739. The third kappa shape index (κ3) is 1.86. The summed E-state index contributed by atoms with van der Waals surface area (Å²) < 4.78 is 10.9. The number of benzene rings is 1. The van der Waals surface area contributed by atoms with Crippen LogP contribution >= 0.6 is 0 Å². The van der Waals surface area contributed by atoms with E-state index in [-0.39, 0.29) is 0 Å². The summed E-state index contributed by atoms with van der Waals surface area (Å²) in [5, 5.41) is 4.34. The molecule has 0 spiro atoms. The highest BCUT2D eigenvalue weighted by molar-refractivity contribution is 5.48. The summed E-state index contributed by atoms with van der Waals surface area (Å²) in [6.45, 7) is 5.28. The molecule has 1 fully saturated rings. The lowest BCUT2D eigenvalue weighted by Crippen LogP contribution is -2.39. The van der Waals surface area contributed by atoms with Crippen LogP contribution < -0.4 is 14.8 Å². The van der Waals surface area contributed by atoms with Gasteiger partial charge in [0.05, 0.1) is 0 Å². The summed E-state index contributed by atoms with van der Waals surface area (Å²) in [7, 11) is 0. The van der Waals surface area contributed by atoms with Crippen LogP contribution in [0.15, 0.2) is 18.2 Å². The first-order valence-corrected chi connectivity index (χ1v) is 5.66. The number of fused-ring (bicyclic) bond motifs is 1. The summed E-state index contributed by atoms with van der Waals surface area (Å²) in [6, 6.07) is 6.09. The second-order valence-electron chi connectivity index (χ2n) is 4.10. The van der Waals surface area contributed by atoms with Crippen LogP contribution in [-0.2, 0) is 6.54 Å². The molecule has 3 rings (SSSR count). The molecule has 0 aromatic heterocycles. The molecule has 1 saturated heterocycles. The van der Waals surface area contributed by atoms with E-state index in [1.165, 1.54) is 5.56 Å². The first kappa shape index (κ1) is 9.93. The van der Waals surface area contributed by atoms with Crippen LogP contribution in [0.3, 0.4) is 0 Å². The van der Waals surface area contributed by atoms with Gasteiger partial charge in [0.1, 0.15) is 0 Å². The highest BCUT2D eigenvalue weighted by Crippen LogP contribution is 2.35. The van der Waals surface area contributed by atoms with Gasteiger partial charge in [0.25, 0.3) is 0 Å². The van der Waals surface area contributed by atoms with Crippen molar-refractivity contribution in [1.82, 2.24) is 10.2 Å². The molecule has 2 aliphatic heterocycles. The summed E-state index contributed by atoms with van der Waals surface area (Å²) in [5.74, 6) is 1.80.